The van der Waals surface area contributed by atoms with E-state index < -0.39 is 5.91 Å². The third kappa shape index (κ3) is 4.01. The fourth-order valence-electron chi connectivity index (χ4n) is 2.96. The normalized spacial score (nSPS) is 23.8. The Morgan fingerprint density at radius 3 is 2.82 bits per heavy atom. The molecule has 0 aliphatic heterocycles. The SMILES string of the molecule is CC(C)[C@@H]1CC[C@H](C)C/C1=N/NC(=O)c1cc(Cl)ccc1O. The molecular weight excluding hydrogens is 300 g/mol. The van der Waals surface area contributed by atoms with Crippen LogP contribution in [0.1, 0.15) is 50.4 Å². The van der Waals surface area contributed by atoms with Crippen LogP contribution in [0.25, 0.3) is 0 Å². The number of hydrazone groups is 1. The Labute approximate surface area is 136 Å². The minimum atomic E-state index is -0.437. The lowest BCUT2D eigenvalue weighted by atomic mass is 9.76. The number of aromatic hydroxyl groups is 1. The van der Waals surface area contributed by atoms with E-state index in [4.69, 9.17) is 11.6 Å². The highest BCUT2D eigenvalue weighted by Gasteiger charge is 2.27. The molecule has 2 atom stereocenters. The van der Waals surface area contributed by atoms with E-state index in [1.54, 1.807) is 0 Å². The zero-order chi connectivity index (χ0) is 16.3. The summed E-state index contributed by atoms with van der Waals surface area (Å²) in [4.78, 5) is 12.2. The number of phenolic OH excluding ortho intramolecular Hbond substituents is 1. The van der Waals surface area contributed by atoms with Crippen molar-refractivity contribution < 1.29 is 9.90 Å². The summed E-state index contributed by atoms with van der Waals surface area (Å²) in [5, 5.41) is 14.5. The van der Waals surface area contributed by atoms with Crippen LogP contribution in [0.15, 0.2) is 23.3 Å². The molecule has 1 aliphatic carbocycles. The first kappa shape index (κ1) is 16.8. The number of hydrogen-bond donors (Lipinski definition) is 2. The van der Waals surface area contributed by atoms with Crippen molar-refractivity contribution in [2.24, 2.45) is 22.9 Å². The van der Waals surface area contributed by atoms with Gasteiger partial charge in [-0.25, -0.2) is 5.43 Å². The van der Waals surface area contributed by atoms with Gasteiger partial charge in [0.05, 0.1) is 5.56 Å². The Bertz CT molecular complexity index is 584. The third-order valence-electron chi connectivity index (χ3n) is 4.27. The van der Waals surface area contributed by atoms with Crippen molar-refractivity contribution in [3.8, 4) is 5.75 Å². The molecule has 0 unspecified atom stereocenters. The molecule has 5 heteroatoms. The molecule has 1 aromatic carbocycles. The largest absolute Gasteiger partial charge is 0.507 e. The molecule has 2 N–H and O–H groups in total. The van der Waals surface area contributed by atoms with E-state index in [9.17, 15) is 9.90 Å². The molecule has 1 saturated carbocycles. The summed E-state index contributed by atoms with van der Waals surface area (Å²) in [5.41, 5.74) is 3.76. The van der Waals surface area contributed by atoms with Gasteiger partial charge >= 0.3 is 0 Å². The van der Waals surface area contributed by atoms with Crippen LogP contribution in [0.2, 0.25) is 5.02 Å². The molecule has 4 nitrogen and oxygen atoms in total. The summed E-state index contributed by atoms with van der Waals surface area (Å²) < 4.78 is 0. The van der Waals surface area contributed by atoms with Gasteiger partial charge in [-0.1, -0.05) is 32.4 Å². The maximum Gasteiger partial charge on any atom is 0.275 e. The minimum Gasteiger partial charge on any atom is -0.507 e. The number of phenols is 1. The summed E-state index contributed by atoms with van der Waals surface area (Å²) in [5.74, 6) is 0.963. The zero-order valence-corrected chi connectivity index (χ0v) is 14.0. The lowest BCUT2D eigenvalue weighted by Gasteiger charge is -2.30. The van der Waals surface area contributed by atoms with Crippen molar-refractivity contribution in [2.75, 3.05) is 0 Å². The number of carbonyl (C=O) groups is 1. The Balaban J connectivity index is 2.14. The summed E-state index contributed by atoms with van der Waals surface area (Å²) in [6, 6.07) is 4.39. The van der Waals surface area contributed by atoms with Crippen molar-refractivity contribution in [1.29, 1.82) is 0 Å². The lowest BCUT2D eigenvalue weighted by Crippen LogP contribution is -2.31. The fourth-order valence-corrected chi connectivity index (χ4v) is 3.13. The van der Waals surface area contributed by atoms with Crippen LogP contribution in [0.4, 0.5) is 0 Å². The van der Waals surface area contributed by atoms with E-state index in [0.29, 0.717) is 22.8 Å². The van der Waals surface area contributed by atoms with Gasteiger partial charge in [-0.15, -0.1) is 0 Å². The number of rotatable bonds is 3. The molecule has 0 radical (unpaired) electrons. The van der Waals surface area contributed by atoms with E-state index in [1.807, 2.05) is 0 Å². The molecule has 1 aromatic rings. The van der Waals surface area contributed by atoms with E-state index in [2.05, 4.69) is 31.3 Å². The zero-order valence-electron chi connectivity index (χ0n) is 13.3. The van der Waals surface area contributed by atoms with Crippen molar-refractivity contribution in [1.82, 2.24) is 5.43 Å². The van der Waals surface area contributed by atoms with Gasteiger partial charge in [-0.2, -0.15) is 5.10 Å². The average molecular weight is 323 g/mol. The van der Waals surface area contributed by atoms with Gasteiger partial charge in [0, 0.05) is 16.7 Å². The molecule has 120 valence electrons. The first-order valence-electron chi connectivity index (χ1n) is 7.73. The van der Waals surface area contributed by atoms with Crippen LogP contribution in [0.3, 0.4) is 0 Å². The number of halogens is 1. The van der Waals surface area contributed by atoms with Gasteiger partial charge in [0.25, 0.3) is 5.91 Å². The van der Waals surface area contributed by atoms with E-state index in [0.717, 1.165) is 18.6 Å². The van der Waals surface area contributed by atoms with Gasteiger partial charge in [0.15, 0.2) is 0 Å². The van der Waals surface area contributed by atoms with Crippen molar-refractivity contribution in [2.45, 2.75) is 40.0 Å². The Morgan fingerprint density at radius 1 is 1.41 bits per heavy atom. The Hall–Kier alpha value is -1.55. The predicted octanol–water partition coefficient (Wildman–Crippen LogP) is 4.22. The Kier molecular flexibility index (Phi) is 5.46. The second-order valence-corrected chi connectivity index (χ2v) is 6.88. The topological polar surface area (TPSA) is 61.7 Å². The summed E-state index contributed by atoms with van der Waals surface area (Å²) in [6.45, 7) is 6.57. The van der Waals surface area contributed by atoms with Gasteiger partial charge in [-0.05, 0) is 49.3 Å². The summed E-state index contributed by atoms with van der Waals surface area (Å²) in [6.07, 6.45) is 3.21. The predicted molar refractivity (Wildman–Crippen MR) is 89.4 cm³/mol. The third-order valence-corrected chi connectivity index (χ3v) is 4.50. The summed E-state index contributed by atoms with van der Waals surface area (Å²) >= 11 is 5.87. The number of carbonyl (C=O) groups excluding carboxylic acids is 1. The van der Waals surface area contributed by atoms with E-state index >= 15 is 0 Å². The number of amides is 1. The van der Waals surface area contributed by atoms with Gasteiger partial charge in [-0.3, -0.25) is 4.79 Å². The minimum absolute atomic E-state index is 0.0977. The van der Waals surface area contributed by atoms with Gasteiger partial charge in [0.1, 0.15) is 5.75 Å². The number of nitrogens with zero attached hydrogens (tertiary/aromatic N) is 1. The highest BCUT2D eigenvalue weighted by molar-refractivity contribution is 6.31. The fraction of sp³-hybridized carbons (Fsp3) is 0.529. The van der Waals surface area contributed by atoms with Gasteiger partial charge < -0.3 is 5.11 Å². The van der Waals surface area contributed by atoms with Crippen LogP contribution in [0.5, 0.6) is 5.75 Å². The monoisotopic (exact) mass is 322 g/mol. The van der Waals surface area contributed by atoms with Crippen molar-refractivity contribution in [3.05, 3.63) is 28.8 Å². The lowest BCUT2D eigenvalue weighted by molar-refractivity contribution is 0.0951. The maximum absolute atomic E-state index is 12.2. The van der Waals surface area contributed by atoms with E-state index in [1.165, 1.54) is 24.6 Å². The molecule has 0 spiro atoms. The molecule has 0 aromatic heterocycles. The van der Waals surface area contributed by atoms with Gasteiger partial charge in [0.2, 0.25) is 0 Å². The molecule has 0 heterocycles. The van der Waals surface area contributed by atoms with E-state index in [-0.39, 0.29) is 11.3 Å². The smallest absolute Gasteiger partial charge is 0.275 e. The maximum atomic E-state index is 12.2. The molecular formula is C17H23ClN2O2. The first-order chi connectivity index (χ1) is 10.4. The molecule has 22 heavy (non-hydrogen) atoms. The molecule has 1 amide bonds. The first-order valence-corrected chi connectivity index (χ1v) is 8.11. The van der Waals surface area contributed by atoms with Crippen LogP contribution in [-0.2, 0) is 0 Å². The highest BCUT2D eigenvalue weighted by Crippen LogP contribution is 2.31. The quantitative estimate of drug-likeness (QED) is 0.818. The number of benzene rings is 1. The highest BCUT2D eigenvalue weighted by atomic mass is 35.5. The van der Waals surface area contributed by atoms with Crippen LogP contribution >= 0.6 is 11.6 Å². The molecule has 1 aliphatic rings. The number of hydrogen-bond acceptors (Lipinski definition) is 3. The molecule has 0 bridgehead atoms. The standard InChI is InChI=1S/C17H23ClN2O2/c1-10(2)13-6-4-11(3)8-15(13)19-20-17(22)14-9-12(18)5-7-16(14)21/h5,7,9-11,13,21H,4,6,8H2,1-3H3,(H,20,22)/b19-15-/t11-,13-/m0/s1. The average Bonchev–Trinajstić information content (AvgIpc) is 2.47. The summed E-state index contributed by atoms with van der Waals surface area (Å²) in [7, 11) is 0. The Morgan fingerprint density at radius 2 is 2.14 bits per heavy atom. The number of nitrogens with one attached hydrogen (secondary N) is 1. The van der Waals surface area contributed by atoms with Crippen LogP contribution < -0.4 is 5.43 Å². The van der Waals surface area contributed by atoms with Crippen LogP contribution in [0, 0.1) is 17.8 Å². The molecule has 2 rings (SSSR count). The second kappa shape index (κ2) is 7.14. The van der Waals surface area contributed by atoms with Crippen molar-refractivity contribution in [3.63, 3.8) is 0 Å². The molecule has 1 fully saturated rings. The van der Waals surface area contributed by atoms with Crippen molar-refractivity contribution >= 4 is 23.2 Å². The second-order valence-electron chi connectivity index (χ2n) is 6.44. The van der Waals surface area contributed by atoms with Crippen LogP contribution in [-0.4, -0.2) is 16.7 Å². The molecule has 0 saturated heterocycles.